The molecule has 0 unspecified atom stereocenters. The third kappa shape index (κ3) is 1.60. The van der Waals surface area contributed by atoms with E-state index in [1.165, 1.54) is 0 Å². The van der Waals surface area contributed by atoms with Gasteiger partial charge >= 0.3 is 0 Å². The number of nitrogens with zero attached hydrogens (tertiary/aromatic N) is 2. The lowest BCUT2D eigenvalue weighted by atomic mass is 10.1. The SMILES string of the molecule is CN(C)Cc1noc2[nH]c(=O)c3ccccc3c12. The Balaban J connectivity index is 2.42. The topological polar surface area (TPSA) is 62.1 Å². The van der Waals surface area contributed by atoms with Gasteiger partial charge in [-0.15, -0.1) is 0 Å². The number of hydrogen-bond acceptors (Lipinski definition) is 4. The van der Waals surface area contributed by atoms with E-state index < -0.39 is 0 Å². The molecule has 1 aromatic carbocycles. The number of H-pyrrole nitrogens is 1. The first-order valence-electron chi connectivity index (χ1n) is 5.71. The van der Waals surface area contributed by atoms with Crippen molar-refractivity contribution in [3.05, 3.63) is 40.3 Å². The minimum absolute atomic E-state index is 0.148. The average molecular weight is 243 g/mol. The van der Waals surface area contributed by atoms with Crippen LogP contribution in [0, 0.1) is 0 Å². The summed E-state index contributed by atoms with van der Waals surface area (Å²) in [5.74, 6) is 0. The molecule has 18 heavy (non-hydrogen) atoms. The highest BCUT2D eigenvalue weighted by Crippen LogP contribution is 2.24. The fraction of sp³-hybridized carbons (Fsp3) is 0.231. The maximum Gasteiger partial charge on any atom is 0.258 e. The molecule has 0 aliphatic heterocycles. The van der Waals surface area contributed by atoms with E-state index in [-0.39, 0.29) is 5.56 Å². The zero-order valence-corrected chi connectivity index (χ0v) is 10.2. The van der Waals surface area contributed by atoms with Crippen molar-refractivity contribution >= 4 is 21.9 Å². The monoisotopic (exact) mass is 243 g/mol. The summed E-state index contributed by atoms with van der Waals surface area (Å²) >= 11 is 0. The van der Waals surface area contributed by atoms with Crippen LogP contribution in [0.3, 0.4) is 0 Å². The van der Waals surface area contributed by atoms with Crippen molar-refractivity contribution in [3.8, 4) is 0 Å². The molecule has 92 valence electrons. The van der Waals surface area contributed by atoms with Gasteiger partial charge in [0.2, 0.25) is 5.71 Å². The summed E-state index contributed by atoms with van der Waals surface area (Å²) in [6, 6.07) is 7.49. The van der Waals surface area contributed by atoms with E-state index in [4.69, 9.17) is 4.52 Å². The van der Waals surface area contributed by atoms with Crippen LogP contribution < -0.4 is 5.56 Å². The summed E-state index contributed by atoms with van der Waals surface area (Å²) in [5, 5.41) is 6.47. The first-order valence-corrected chi connectivity index (χ1v) is 5.71. The van der Waals surface area contributed by atoms with E-state index >= 15 is 0 Å². The summed E-state index contributed by atoms with van der Waals surface area (Å²) in [7, 11) is 3.93. The van der Waals surface area contributed by atoms with Crippen molar-refractivity contribution in [3.63, 3.8) is 0 Å². The van der Waals surface area contributed by atoms with Crippen molar-refractivity contribution in [2.75, 3.05) is 14.1 Å². The van der Waals surface area contributed by atoms with Crippen molar-refractivity contribution in [1.29, 1.82) is 0 Å². The predicted molar refractivity (Wildman–Crippen MR) is 69.5 cm³/mol. The van der Waals surface area contributed by atoms with Gasteiger partial charge < -0.3 is 9.42 Å². The van der Waals surface area contributed by atoms with Gasteiger partial charge in [0.1, 0.15) is 5.69 Å². The lowest BCUT2D eigenvalue weighted by molar-refractivity contribution is 0.371. The maximum absolute atomic E-state index is 11.9. The van der Waals surface area contributed by atoms with Crippen LogP contribution in [0.15, 0.2) is 33.6 Å². The van der Waals surface area contributed by atoms with Crippen LogP contribution in [-0.2, 0) is 6.54 Å². The predicted octanol–water partition coefficient (Wildman–Crippen LogP) is 1.73. The molecule has 2 aromatic heterocycles. The van der Waals surface area contributed by atoms with E-state index in [2.05, 4.69) is 10.1 Å². The zero-order valence-electron chi connectivity index (χ0n) is 10.2. The number of nitrogens with one attached hydrogen (secondary N) is 1. The molecule has 2 heterocycles. The summed E-state index contributed by atoms with van der Waals surface area (Å²) in [5.41, 5.74) is 1.13. The third-order valence-electron chi connectivity index (χ3n) is 2.90. The molecule has 0 atom stereocenters. The first-order chi connectivity index (χ1) is 8.66. The van der Waals surface area contributed by atoms with Crippen LogP contribution >= 0.6 is 0 Å². The molecule has 0 spiro atoms. The number of aromatic nitrogens is 2. The smallest absolute Gasteiger partial charge is 0.258 e. The number of hydrogen-bond donors (Lipinski definition) is 1. The van der Waals surface area contributed by atoms with Crippen molar-refractivity contribution in [2.45, 2.75) is 6.54 Å². The minimum Gasteiger partial charge on any atom is -0.337 e. The van der Waals surface area contributed by atoms with E-state index in [1.807, 2.05) is 37.2 Å². The quantitative estimate of drug-likeness (QED) is 0.744. The molecule has 1 N–H and O–H groups in total. The Morgan fingerprint density at radius 3 is 2.72 bits per heavy atom. The van der Waals surface area contributed by atoms with Gasteiger partial charge in [-0.2, -0.15) is 0 Å². The molecule has 5 nitrogen and oxygen atoms in total. The minimum atomic E-state index is -0.148. The van der Waals surface area contributed by atoms with Crippen LogP contribution in [-0.4, -0.2) is 29.1 Å². The molecule has 0 saturated carbocycles. The van der Waals surface area contributed by atoms with E-state index in [1.54, 1.807) is 6.07 Å². The van der Waals surface area contributed by atoms with Crippen LogP contribution in [0.4, 0.5) is 0 Å². The fourth-order valence-electron chi connectivity index (χ4n) is 2.16. The molecule has 3 rings (SSSR count). The zero-order chi connectivity index (χ0) is 12.7. The van der Waals surface area contributed by atoms with E-state index in [0.29, 0.717) is 17.6 Å². The van der Waals surface area contributed by atoms with Gasteiger partial charge in [-0.25, -0.2) is 0 Å². The highest BCUT2D eigenvalue weighted by atomic mass is 16.5. The number of rotatable bonds is 2. The van der Waals surface area contributed by atoms with Crippen molar-refractivity contribution in [1.82, 2.24) is 15.0 Å². The molecular formula is C13H13N3O2. The Morgan fingerprint density at radius 2 is 2.00 bits per heavy atom. The molecule has 0 aliphatic carbocycles. The Hall–Kier alpha value is -2.14. The van der Waals surface area contributed by atoms with Gasteiger partial charge in [0.25, 0.3) is 5.56 Å². The second-order valence-corrected chi connectivity index (χ2v) is 4.57. The average Bonchev–Trinajstić information content (AvgIpc) is 2.72. The molecule has 0 saturated heterocycles. The molecule has 0 amide bonds. The first kappa shape index (κ1) is 11.0. The number of benzene rings is 1. The summed E-state index contributed by atoms with van der Waals surface area (Å²) < 4.78 is 5.21. The van der Waals surface area contributed by atoms with Gasteiger partial charge in [0.05, 0.1) is 5.39 Å². The fourth-order valence-corrected chi connectivity index (χ4v) is 2.16. The molecular weight excluding hydrogens is 230 g/mol. The maximum atomic E-state index is 11.9. The van der Waals surface area contributed by atoms with Crippen LogP contribution in [0.5, 0.6) is 0 Å². The van der Waals surface area contributed by atoms with Gasteiger partial charge in [-0.3, -0.25) is 9.78 Å². The highest BCUT2D eigenvalue weighted by molar-refractivity contribution is 6.04. The van der Waals surface area contributed by atoms with E-state index in [9.17, 15) is 4.79 Å². The third-order valence-corrected chi connectivity index (χ3v) is 2.90. The highest BCUT2D eigenvalue weighted by Gasteiger charge is 2.14. The van der Waals surface area contributed by atoms with Gasteiger partial charge in [0, 0.05) is 17.3 Å². The van der Waals surface area contributed by atoms with Gasteiger partial charge in [0.15, 0.2) is 0 Å². The van der Waals surface area contributed by atoms with Crippen molar-refractivity contribution < 1.29 is 4.52 Å². The normalized spacial score (nSPS) is 11.7. The Bertz CT molecular complexity index is 771. The van der Waals surface area contributed by atoms with Gasteiger partial charge in [-0.05, 0) is 20.2 Å². The second-order valence-electron chi connectivity index (χ2n) is 4.57. The molecule has 0 fully saturated rings. The Morgan fingerprint density at radius 1 is 1.28 bits per heavy atom. The lowest BCUT2D eigenvalue weighted by Crippen LogP contribution is -2.11. The summed E-state index contributed by atoms with van der Waals surface area (Å²) in [6.45, 7) is 0.670. The molecule has 3 aromatic rings. The Labute approximate surface area is 103 Å². The molecule has 0 bridgehead atoms. The largest absolute Gasteiger partial charge is 0.337 e. The number of aromatic amines is 1. The van der Waals surface area contributed by atoms with E-state index in [0.717, 1.165) is 16.5 Å². The van der Waals surface area contributed by atoms with Crippen LogP contribution in [0.1, 0.15) is 5.69 Å². The van der Waals surface area contributed by atoms with Gasteiger partial charge in [-0.1, -0.05) is 23.4 Å². The second kappa shape index (κ2) is 3.96. The summed E-state index contributed by atoms with van der Waals surface area (Å²) in [6.07, 6.45) is 0. The van der Waals surface area contributed by atoms with Crippen molar-refractivity contribution in [2.24, 2.45) is 0 Å². The lowest BCUT2D eigenvalue weighted by Gasteiger charge is -2.06. The standard InChI is InChI=1S/C13H13N3O2/c1-16(2)7-10-11-8-5-3-4-6-9(8)12(17)14-13(11)18-15-10/h3-6H,7H2,1-2H3,(H,14,17). The number of fused-ring (bicyclic) bond motifs is 3. The Kier molecular flexibility index (Phi) is 2.41. The molecule has 0 radical (unpaired) electrons. The van der Waals surface area contributed by atoms with Crippen LogP contribution in [0.25, 0.3) is 21.9 Å². The molecule has 5 heteroatoms. The molecule has 0 aliphatic rings. The van der Waals surface area contributed by atoms with Crippen LogP contribution in [0.2, 0.25) is 0 Å². The number of pyridine rings is 1. The summed E-state index contributed by atoms with van der Waals surface area (Å²) in [4.78, 5) is 16.6.